The predicted octanol–water partition coefficient (Wildman–Crippen LogP) is 16.6. The fraction of sp³-hybridized carbons (Fsp3) is 0.333. The fourth-order valence-electron chi connectivity index (χ4n) is 8.57. The van der Waals surface area contributed by atoms with E-state index in [1.807, 2.05) is 31.2 Å². The highest BCUT2D eigenvalue weighted by molar-refractivity contribution is 5.65. The van der Waals surface area contributed by atoms with Gasteiger partial charge in [-0.3, -0.25) is 0 Å². The Kier molecular flexibility index (Phi) is 14.0. The highest BCUT2D eigenvalue weighted by Gasteiger charge is 2.38. The lowest BCUT2D eigenvalue weighted by molar-refractivity contribution is -0.187. The molecule has 0 unspecified atom stereocenters. The predicted molar refractivity (Wildman–Crippen MR) is 236 cm³/mol. The molecular formula is C54H53F7O2. The topological polar surface area (TPSA) is 18.5 Å². The van der Waals surface area contributed by atoms with Crippen LogP contribution in [-0.4, -0.2) is 0 Å². The van der Waals surface area contributed by atoms with Crippen molar-refractivity contribution in [1.82, 2.24) is 0 Å². The minimum Gasteiger partial charge on any atom is -0.429 e. The number of alkyl halides is 4. The molecule has 0 N–H and O–H groups in total. The van der Waals surface area contributed by atoms with Crippen LogP contribution in [0.15, 0.2) is 127 Å². The molecule has 6 aromatic rings. The summed E-state index contributed by atoms with van der Waals surface area (Å²) in [4.78, 5) is 0. The van der Waals surface area contributed by atoms with E-state index in [1.54, 1.807) is 24.3 Å². The molecule has 0 spiro atoms. The summed E-state index contributed by atoms with van der Waals surface area (Å²) in [5.74, 6) is -0.661. The Labute approximate surface area is 366 Å². The number of rotatable bonds is 10. The fourth-order valence-corrected chi connectivity index (χ4v) is 8.57. The summed E-state index contributed by atoms with van der Waals surface area (Å²) in [6.07, 6.45) is 2.32. The molecule has 330 valence electrons. The van der Waals surface area contributed by atoms with Crippen LogP contribution < -0.4 is 9.47 Å². The number of benzene rings is 6. The summed E-state index contributed by atoms with van der Waals surface area (Å²) in [6, 6.07) is 33.6. The summed E-state index contributed by atoms with van der Waals surface area (Å²) in [6.45, 7) is 7.68. The first-order valence-corrected chi connectivity index (χ1v) is 21.8. The zero-order valence-electron chi connectivity index (χ0n) is 36.1. The van der Waals surface area contributed by atoms with Crippen molar-refractivity contribution in [2.75, 3.05) is 0 Å². The van der Waals surface area contributed by atoms with Gasteiger partial charge in [-0.15, -0.1) is 0 Å². The van der Waals surface area contributed by atoms with Crippen LogP contribution in [-0.2, 0) is 12.2 Å². The average Bonchev–Trinajstić information content (AvgIpc) is 3.27. The molecule has 0 saturated heterocycles. The van der Waals surface area contributed by atoms with E-state index in [0.29, 0.717) is 17.4 Å². The molecule has 2 aliphatic rings. The van der Waals surface area contributed by atoms with Gasteiger partial charge in [0.05, 0.1) is 11.1 Å². The maximum absolute atomic E-state index is 14.6. The van der Waals surface area contributed by atoms with Crippen molar-refractivity contribution < 1.29 is 40.2 Å². The van der Waals surface area contributed by atoms with Gasteiger partial charge in [0.15, 0.2) is 0 Å². The van der Waals surface area contributed by atoms with Crippen LogP contribution in [0.4, 0.5) is 30.7 Å². The second-order valence-corrected chi connectivity index (χ2v) is 17.5. The van der Waals surface area contributed by atoms with Crippen molar-refractivity contribution in [2.45, 2.75) is 103 Å². The van der Waals surface area contributed by atoms with Crippen molar-refractivity contribution in [3.05, 3.63) is 178 Å². The maximum atomic E-state index is 14.6. The molecule has 63 heavy (non-hydrogen) atoms. The molecule has 2 aliphatic carbocycles. The van der Waals surface area contributed by atoms with Crippen LogP contribution in [0.1, 0.15) is 110 Å². The van der Waals surface area contributed by atoms with Crippen LogP contribution in [0.3, 0.4) is 0 Å². The van der Waals surface area contributed by atoms with Gasteiger partial charge in [0.1, 0.15) is 29.0 Å². The van der Waals surface area contributed by atoms with Crippen molar-refractivity contribution in [3.63, 3.8) is 0 Å². The molecule has 2 saturated carbocycles. The minimum absolute atomic E-state index is 0.00762. The van der Waals surface area contributed by atoms with Gasteiger partial charge in [-0.05, 0) is 133 Å². The van der Waals surface area contributed by atoms with Crippen molar-refractivity contribution in [1.29, 1.82) is 0 Å². The smallest absolute Gasteiger partial charge is 0.429 e. The Hall–Kier alpha value is -5.57. The van der Waals surface area contributed by atoms with E-state index in [0.717, 1.165) is 58.4 Å². The number of aryl methyl sites for hydroxylation is 1. The quantitative estimate of drug-likeness (QED) is 0.128. The van der Waals surface area contributed by atoms with Crippen LogP contribution in [0.25, 0.3) is 22.3 Å². The molecule has 9 heteroatoms. The zero-order valence-corrected chi connectivity index (χ0v) is 36.1. The highest BCUT2D eigenvalue weighted by atomic mass is 19.3. The molecule has 6 aromatic carbocycles. The van der Waals surface area contributed by atoms with E-state index in [1.165, 1.54) is 99.7 Å². The standard InChI is InChI=1S/C27H26F4O.C27H27F3O/c1-17-3-5-19(6-4-17)20-7-9-21(10-8-20)22-11-13-23(14-12-22)27(30,31)32-24-15-25(28)18(2)26(29)16-24;1-18-3-7-20(8-4-18)21-9-11-22(12-10-21)23-13-16-25(26(28)17-23)27(29,30)31-24-14-5-19(2)6-15-24/h7-17,19H,3-6H2,1-2H3;5-6,9-18,20H,3-4,7-8H2,1-2H3. The van der Waals surface area contributed by atoms with E-state index in [-0.39, 0.29) is 11.3 Å². The van der Waals surface area contributed by atoms with Crippen LogP contribution in [0.5, 0.6) is 11.5 Å². The van der Waals surface area contributed by atoms with Crippen molar-refractivity contribution in [2.24, 2.45) is 11.8 Å². The Morgan fingerprint density at radius 3 is 1.30 bits per heavy atom. The van der Waals surface area contributed by atoms with Gasteiger partial charge in [-0.2, -0.15) is 17.6 Å². The maximum Gasteiger partial charge on any atom is 0.429 e. The molecule has 8 rings (SSSR count). The zero-order chi connectivity index (χ0) is 44.9. The molecule has 0 bridgehead atoms. The largest absolute Gasteiger partial charge is 0.429 e. The SMILES string of the molecule is Cc1c(F)cc(OC(F)(F)c2ccc(-c3ccc(C4CCC(C)CC4)cc3)cc2)cc1F.Cc1ccc(OC(F)(F)c2ccc(-c3ccc(C4CCC(C)CC4)cc3)cc2F)cc1. The van der Waals surface area contributed by atoms with E-state index in [2.05, 4.69) is 42.8 Å². The van der Waals surface area contributed by atoms with Crippen molar-refractivity contribution >= 4 is 0 Å². The van der Waals surface area contributed by atoms with Crippen LogP contribution in [0.2, 0.25) is 0 Å². The Morgan fingerprint density at radius 1 is 0.429 bits per heavy atom. The second kappa shape index (κ2) is 19.4. The molecule has 0 heterocycles. The lowest BCUT2D eigenvalue weighted by Crippen LogP contribution is -2.23. The van der Waals surface area contributed by atoms with Gasteiger partial charge in [0.25, 0.3) is 0 Å². The summed E-state index contributed by atoms with van der Waals surface area (Å²) in [5, 5.41) is 0. The Balaban J connectivity index is 0.000000189. The van der Waals surface area contributed by atoms with Gasteiger partial charge in [0.2, 0.25) is 0 Å². The van der Waals surface area contributed by atoms with Gasteiger partial charge in [-0.1, -0.05) is 124 Å². The average molecular weight is 867 g/mol. The second-order valence-electron chi connectivity index (χ2n) is 17.5. The first kappa shape index (κ1) is 45.5. The number of hydrogen-bond donors (Lipinski definition) is 0. The van der Waals surface area contributed by atoms with Crippen LogP contribution >= 0.6 is 0 Å². The van der Waals surface area contributed by atoms with Crippen molar-refractivity contribution in [3.8, 4) is 33.8 Å². The first-order chi connectivity index (χ1) is 30.0. The molecule has 0 radical (unpaired) electrons. The van der Waals surface area contributed by atoms with Gasteiger partial charge >= 0.3 is 12.2 Å². The minimum atomic E-state index is -3.76. The normalized spacial score (nSPS) is 19.2. The Morgan fingerprint density at radius 2 is 0.841 bits per heavy atom. The number of hydrogen-bond acceptors (Lipinski definition) is 2. The molecule has 0 atom stereocenters. The van der Waals surface area contributed by atoms with Gasteiger partial charge < -0.3 is 9.47 Å². The third kappa shape index (κ3) is 11.3. The van der Waals surface area contributed by atoms with Gasteiger partial charge in [0, 0.05) is 17.7 Å². The molecular weight excluding hydrogens is 814 g/mol. The van der Waals surface area contributed by atoms with E-state index in [9.17, 15) is 30.7 Å². The third-order valence-corrected chi connectivity index (χ3v) is 12.7. The number of ether oxygens (including phenoxy) is 2. The summed E-state index contributed by atoms with van der Waals surface area (Å²) in [7, 11) is 0. The van der Waals surface area contributed by atoms with Gasteiger partial charge in [-0.25, -0.2) is 13.2 Å². The Bertz CT molecular complexity index is 2410. The highest BCUT2D eigenvalue weighted by Crippen LogP contribution is 2.40. The lowest BCUT2D eigenvalue weighted by atomic mass is 9.79. The first-order valence-electron chi connectivity index (χ1n) is 21.8. The molecule has 0 amide bonds. The third-order valence-electron chi connectivity index (χ3n) is 12.7. The number of halogens is 7. The van der Waals surface area contributed by atoms with E-state index in [4.69, 9.17) is 4.74 Å². The lowest BCUT2D eigenvalue weighted by Gasteiger charge is -2.26. The summed E-state index contributed by atoms with van der Waals surface area (Å²) < 4.78 is 110. The molecule has 2 fully saturated rings. The van der Waals surface area contributed by atoms with E-state index >= 15 is 0 Å². The molecule has 2 nitrogen and oxygen atoms in total. The monoisotopic (exact) mass is 866 g/mol. The van der Waals surface area contributed by atoms with Crippen LogP contribution in [0, 0.1) is 43.1 Å². The molecule has 0 aromatic heterocycles. The summed E-state index contributed by atoms with van der Waals surface area (Å²) in [5.41, 5.74) is 5.26. The summed E-state index contributed by atoms with van der Waals surface area (Å²) >= 11 is 0. The molecule has 0 aliphatic heterocycles. The van der Waals surface area contributed by atoms with E-state index < -0.39 is 46.5 Å².